The maximum atomic E-state index is 12.0. The van der Waals surface area contributed by atoms with Crippen molar-refractivity contribution in [3.8, 4) is 0 Å². The van der Waals surface area contributed by atoms with Crippen LogP contribution in [-0.2, 0) is 9.59 Å². The van der Waals surface area contributed by atoms with Crippen molar-refractivity contribution in [1.82, 2.24) is 0 Å². The highest BCUT2D eigenvalue weighted by Gasteiger charge is 2.25. The molecule has 23 heavy (non-hydrogen) atoms. The van der Waals surface area contributed by atoms with Gasteiger partial charge in [0.05, 0.1) is 15.7 Å². The van der Waals surface area contributed by atoms with Crippen LogP contribution in [0.2, 0.25) is 10.0 Å². The zero-order valence-electron chi connectivity index (χ0n) is 11.9. The summed E-state index contributed by atoms with van der Waals surface area (Å²) in [5, 5.41) is 12.3. The first-order valence-corrected chi connectivity index (χ1v) is 7.21. The van der Waals surface area contributed by atoms with Gasteiger partial charge in [0.25, 0.3) is 0 Å². The van der Waals surface area contributed by atoms with Crippen LogP contribution in [0, 0.1) is 6.92 Å². The van der Waals surface area contributed by atoms with Crippen LogP contribution in [0.3, 0.4) is 0 Å². The van der Waals surface area contributed by atoms with Gasteiger partial charge in [-0.25, -0.2) is 4.79 Å². The first-order valence-electron chi connectivity index (χ1n) is 6.45. The van der Waals surface area contributed by atoms with Crippen molar-refractivity contribution >= 4 is 52.1 Å². The molecule has 0 heterocycles. The number of rotatable bonds is 5. The Labute approximate surface area is 141 Å². The molecule has 0 aliphatic heterocycles. The summed E-state index contributed by atoms with van der Waals surface area (Å²) < 4.78 is 0. The van der Waals surface area contributed by atoms with Crippen molar-refractivity contribution in [2.45, 2.75) is 6.92 Å². The number of aryl methyl sites for hydroxylation is 1. The van der Waals surface area contributed by atoms with E-state index in [2.05, 4.69) is 5.32 Å². The molecular weight excluding hydrogens is 341 g/mol. The number of carbonyl (C=O) groups excluding carboxylic acids is 2. The third-order valence-electron chi connectivity index (χ3n) is 3.12. The molecule has 0 unspecified atom stereocenters. The number of nitrogens with one attached hydrogen (secondary N) is 1. The molecular formula is C16H11Cl2NO4. The van der Waals surface area contributed by atoms with Gasteiger partial charge in [-0.15, -0.1) is 0 Å². The Balaban J connectivity index is 2.47. The number of aliphatic carboxylic acids is 1. The lowest BCUT2D eigenvalue weighted by Gasteiger charge is -2.14. The van der Waals surface area contributed by atoms with E-state index in [0.29, 0.717) is 15.7 Å². The molecule has 0 saturated carbocycles. The normalized spacial score (nSPS) is 10.2. The van der Waals surface area contributed by atoms with Crippen molar-refractivity contribution in [3.63, 3.8) is 0 Å². The van der Waals surface area contributed by atoms with Crippen molar-refractivity contribution in [2.24, 2.45) is 0 Å². The Kier molecular flexibility index (Phi) is 5.03. The van der Waals surface area contributed by atoms with Crippen molar-refractivity contribution in [3.05, 3.63) is 57.6 Å². The molecule has 2 rings (SSSR count). The number of Topliss-reactive ketones (excluding diaryl/α,β-unsaturated/α-hetero) is 2. The highest BCUT2D eigenvalue weighted by molar-refractivity contribution is 6.65. The largest absolute Gasteiger partial charge is 0.475 e. The smallest absolute Gasteiger partial charge is 0.380 e. The summed E-state index contributed by atoms with van der Waals surface area (Å²) in [6, 6.07) is 9.40. The van der Waals surface area contributed by atoms with Crippen LogP contribution >= 0.6 is 23.2 Å². The van der Waals surface area contributed by atoms with Crippen LogP contribution in [0.1, 0.15) is 15.9 Å². The molecule has 0 spiro atoms. The lowest BCUT2D eigenvalue weighted by Crippen LogP contribution is -2.24. The summed E-state index contributed by atoms with van der Waals surface area (Å²) in [5.41, 5.74) is 1.30. The molecule has 0 atom stereocenters. The first kappa shape index (κ1) is 17.0. The molecule has 0 bridgehead atoms. The Hall–Kier alpha value is -2.37. The Bertz CT molecular complexity index is 818. The molecule has 0 aliphatic rings. The monoisotopic (exact) mass is 351 g/mol. The molecule has 2 aromatic rings. The SMILES string of the molecule is Cc1ccc(Cl)c(Nc2ccccc2C(=O)C(=O)C(=O)O)c1Cl. The fourth-order valence-electron chi connectivity index (χ4n) is 1.92. The third kappa shape index (κ3) is 3.52. The minimum Gasteiger partial charge on any atom is -0.475 e. The second kappa shape index (κ2) is 6.81. The summed E-state index contributed by atoms with van der Waals surface area (Å²) in [4.78, 5) is 34.1. The van der Waals surface area contributed by atoms with E-state index in [1.165, 1.54) is 18.2 Å². The van der Waals surface area contributed by atoms with E-state index in [0.717, 1.165) is 5.56 Å². The van der Waals surface area contributed by atoms with Crippen molar-refractivity contribution < 1.29 is 19.5 Å². The molecule has 0 radical (unpaired) electrons. The molecule has 0 amide bonds. The van der Waals surface area contributed by atoms with Gasteiger partial charge in [-0.3, -0.25) is 9.59 Å². The summed E-state index contributed by atoms with van der Waals surface area (Å²) >= 11 is 12.3. The lowest BCUT2D eigenvalue weighted by atomic mass is 10.0. The van der Waals surface area contributed by atoms with Crippen LogP contribution in [0.4, 0.5) is 11.4 Å². The van der Waals surface area contributed by atoms with Gasteiger partial charge in [0.2, 0.25) is 5.78 Å². The fourth-order valence-corrected chi connectivity index (χ4v) is 2.38. The number of anilines is 2. The number of ketones is 2. The van der Waals surface area contributed by atoms with E-state index in [9.17, 15) is 14.4 Å². The summed E-state index contributed by atoms with van der Waals surface area (Å²) in [7, 11) is 0. The van der Waals surface area contributed by atoms with Crippen LogP contribution in [0.15, 0.2) is 36.4 Å². The molecule has 0 fully saturated rings. The van der Waals surface area contributed by atoms with E-state index < -0.39 is 17.5 Å². The number of hydrogen-bond donors (Lipinski definition) is 2. The van der Waals surface area contributed by atoms with E-state index in [1.54, 1.807) is 25.1 Å². The highest BCUT2D eigenvalue weighted by atomic mass is 35.5. The number of benzene rings is 2. The summed E-state index contributed by atoms with van der Waals surface area (Å²) in [6.07, 6.45) is 0. The lowest BCUT2D eigenvalue weighted by molar-refractivity contribution is -0.146. The number of carboxylic acids is 1. The predicted molar refractivity (Wildman–Crippen MR) is 87.9 cm³/mol. The molecule has 5 nitrogen and oxygen atoms in total. The van der Waals surface area contributed by atoms with E-state index in [4.69, 9.17) is 28.3 Å². The summed E-state index contributed by atoms with van der Waals surface area (Å²) in [6.45, 7) is 1.79. The third-order valence-corrected chi connectivity index (χ3v) is 3.92. The molecule has 7 heteroatoms. The van der Waals surface area contributed by atoms with Crippen molar-refractivity contribution in [2.75, 3.05) is 5.32 Å². The average Bonchev–Trinajstić information content (AvgIpc) is 2.54. The minimum absolute atomic E-state index is 0.0754. The maximum Gasteiger partial charge on any atom is 0.380 e. The van der Waals surface area contributed by atoms with E-state index in [-0.39, 0.29) is 11.3 Å². The number of halogens is 2. The van der Waals surface area contributed by atoms with Crippen LogP contribution in [0.25, 0.3) is 0 Å². The Morgan fingerprint density at radius 2 is 1.70 bits per heavy atom. The first-order chi connectivity index (χ1) is 10.8. The Morgan fingerprint density at radius 3 is 2.35 bits per heavy atom. The number of para-hydroxylation sites is 1. The molecule has 0 aromatic heterocycles. The second-order valence-corrected chi connectivity index (χ2v) is 5.47. The predicted octanol–water partition coefficient (Wildman–Crippen LogP) is 3.88. The van der Waals surface area contributed by atoms with Crippen LogP contribution in [-0.4, -0.2) is 22.6 Å². The van der Waals surface area contributed by atoms with Gasteiger partial charge in [0.15, 0.2) is 0 Å². The number of hydrogen-bond acceptors (Lipinski definition) is 4. The Morgan fingerprint density at radius 1 is 1.04 bits per heavy atom. The maximum absolute atomic E-state index is 12.0. The fraction of sp³-hybridized carbons (Fsp3) is 0.0625. The molecule has 0 saturated heterocycles. The standard InChI is InChI=1S/C16H11Cl2NO4/c1-8-6-7-10(17)13(12(8)18)19-11-5-3-2-4-9(11)14(20)15(21)16(22)23/h2-7,19H,1H3,(H,22,23). The molecule has 0 aliphatic carbocycles. The second-order valence-electron chi connectivity index (χ2n) is 4.69. The van der Waals surface area contributed by atoms with Crippen molar-refractivity contribution in [1.29, 1.82) is 0 Å². The summed E-state index contributed by atoms with van der Waals surface area (Å²) in [5.74, 6) is -4.45. The van der Waals surface area contributed by atoms with Crippen LogP contribution in [0.5, 0.6) is 0 Å². The van der Waals surface area contributed by atoms with E-state index in [1.807, 2.05) is 0 Å². The zero-order valence-corrected chi connectivity index (χ0v) is 13.4. The van der Waals surface area contributed by atoms with Gasteiger partial charge < -0.3 is 10.4 Å². The van der Waals surface area contributed by atoms with Gasteiger partial charge in [-0.05, 0) is 30.7 Å². The topological polar surface area (TPSA) is 83.5 Å². The highest BCUT2D eigenvalue weighted by Crippen LogP contribution is 2.36. The number of carbonyl (C=O) groups is 3. The molecule has 2 aromatic carbocycles. The molecule has 118 valence electrons. The molecule has 2 N–H and O–H groups in total. The minimum atomic E-state index is -1.81. The van der Waals surface area contributed by atoms with Crippen LogP contribution < -0.4 is 5.32 Å². The quantitative estimate of drug-likeness (QED) is 0.485. The van der Waals surface area contributed by atoms with Gasteiger partial charge >= 0.3 is 11.8 Å². The van der Waals surface area contributed by atoms with Gasteiger partial charge in [-0.2, -0.15) is 0 Å². The zero-order chi connectivity index (χ0) is 17.1. The van der Waals surface area contributed by atoms with Gasteiger partial charge in [-0.1, -0.05) is 41.4 Å². The van der Waals surface area contributed by atoms with Gasteiger partial charge in [0.1, 0.15) is 0 Å². The van der Waals surface area contributed by atoms with Gasteiger partial charge in [0, 0.05) is 11.3 Å². The van der Waals surface area contributed by atoms with E-state index >= 15 is 0 Å². The number of carboxylic acid groups (broad SMARTS) is 1. The average molecular weight is 352 g/mol.